The van der Waals surface area contributed by atoms with E-state index in [-0.39, 0.29) is 0 Å². The van der Waals surface area contributed by atoms with Gasteiger partial charge in [-0.25, -0.2) is 4.98 Å². The number of aromatic nitrogens is 2. The predicted molar refractivity (Wildman–Crippen MR) is 82.0 cm³/mol. The normalized spacial score (nSPS) is 11.2. The van der Waals surface area contributed by atoms with Crippen molar-refractivity contribution >= 4 is 0 Å². The number of H-pyrrole nitrogens is 1. The Balaban J connectivity index is 2.61. The van der Waals surface area contributed by atoms with Crippen LogP contribution in [-0.2, 0) is 6.54 Å². The van der Waals surface area contributed by atoms with Gasteiger partial charge in [0, 0.05) is 11.3 Å². The molecule has 0 aliphatic carbocycles. The average molecular weight is 273 g/mol. The molecule has 2 rings (SSSR count). The molecule has 0 unspecified atom stereocenters. The number of hydrogen-bond donors (Lipinski definition) is 2. The van der Waals surface area contributed by atoms with Gasteiger partial charge in [-0.05, 0) is 43.0 Å². The fourth-order valence-corrected chi connectivity index (χ4v) is 2.46. The second kappa shape index (κ2) is 5.67. The van der Waals surface area contributed by atoms with Crippen LogP contribution in [0.15, 0.2) is 12.1 Å². The molecule has 4 nitrogen and oxygen atoms in total. The minimum Gasteiger partial charge on any atom is -0.496 e. The Hall–Kier alpha value is -1.81. The van der Waals surface area contributed by atoms with E-state index in [1.54, 1.807) is 7.11 Å². The van der Waals surface area contributed by atoms with E-state index in [9.17, 15) is 0 Å². The molecule has 0 atom stereocenters. The van der Waals surface area contributed by atoms with E-state index in [2.05, 4.69) is 42.9 Å². The largest absolute Gasteiger partial charge is 0.496 e. The van der Waals surface area contributed by atoms with Gasteiger partial charge in [0.25, 0.3) is 0 Å². The van der Waals surface area contributed by atoms with Crippen LogP contribution in [-0.4, -0.2) is 17.1 Å². The van der Waals surface area contributed by atoms with Crippen molar-refractivity contribution in [2.24, 2.45) is 5.73 Å². The molecule has 1 heterocycles. The molecule has 0 aliphatic heterocycles. The van der Waals surface area contributed by atoms with Gasteiger partial charge in [0.2, 0.25) is 0 Å². The van der Waals surface area contributed by atoms with Gasteiger partial charge in [-0.1, -0.05) is 13.8 Å². The van der Waals surface area contributed by atoms with Gasteiger partial charge in [0.1, 0.15) is 11.6 Å². The lowest BCUT2D eigenvalue weighted by atomic mass is 9.94. The molecule has 4 heteroatoms. The number of methoxy groups -OCH3 is 1. The molecular weight excluding hydrogens is 250 g/mol. The monoisotopic (exact) mass is 273 g/mol. The zero-order valence-electron chi connectivity index (χ0n) is 12.9. The maximum atomic E-state index is 5.66. The zero-order valence-corrected chi connectivity index (χ0v) is 12.9. The molecule has 1 aromatic heterocycles. The van der Waals surface area contributed by atoms with E-state index < -0.39 is 0 Å². The topological polar surface area (TPSA) is 63.9 Å². The molecule has 0 spiro atoms. The molecule has 0 fully saturated rings. The standard InChI is InChI=1S/C16H23N3O/c1-9(2)12-7-13(10(3)6-14(12)20-5)16-11(4)18-15(8-17)19-16/h6-7,9H,8,17H2,1-5H3,(H,18,19). The SMILES string of the molecule is COc1cc(C)c(-c2nc(CN)[nH]c2C)cc1C(C)C. The molecule has 3 N–H and O–H groups in total. The summed E-state index contributed by atoms with van der Waals surface area (Å²) in [5, 5.41) is 0. The van der Waals surface area contributed by atoms with Crippen molar-refractivity contribution in [1.82, 2.24) is 9.97 Å². The van der Waals surface area contributed by atoms with Crippen LogP contribution in [0.3, 0.4) is 0 Å². The zero-order chi connectivity index (χ0) is 14.9. The summed E-state index contributed by atoms with van der Waals surface area (Å²) in [5.41, 5.74) is 11.2. The van der Waals surface area contributed by atoms with Crippen molar-refractivity contribution in [2.75, 3.05) is 7.11 Å². The Morgan fingerprint density at radius 2 is 2.00 bits per heavy atom. The van der Waals surface area contributed by atoms with Crippen LogP contribution in [0.1, 0.15) is 42.4 Å². The molecule has 1 aromatic carbocycles. The molecule has 0 bridgehead atoms. The van der Waals surface area contributed by atoms with Crippen LogP contribution in [0.2, 0.25) is 0 Å². The van der Waals surface area contributed by atoms with Crippen molar-refractivity contribution in [3.8, 4) is 17.0 Å². The number of hydrogen-bond acceptors (Lipinski definition) is 3. The number of nitrogens with zero attached hydrogens (tertiary/aromatic N) is 1. The van der Waals surface area contributed by atoms with E-state index in [0.29, 0.717) is 12.5 Å². The Morgan fingerprint density at radius 3 is 2.50 bits per heavy atom. The highest BCUT2D eigenvalue weighted by Gasteiger charge is 2.16. The first-order chi connectivity index (χ1) is 9.47. The highest BCUT2D eigenvalue weighted by atomic mass is 16.5. The van der Waals surface area contributed by atoms with Crippen LogP contribution in [0.25, 0.3) is 11.3 Å². The van der Waals surface area contributed by atoms with Gasteiger partial charge in [-0.15, -0.1) is 0 Å². The number of nitrogens with two attached hydrogens (primary N) is 1. The Bertz CT molecular complexity index is 614. The fourth-order valence-electron chi connectivity index (χ4n) is 2.46. The van der Waals surface area contributed by atoms with Crippen LogP contribution in [0.5, 0.6) is 5.75 Å². The molecule has 0 aliphatic rings. The highest BCUT2D eigenvalue weighted by molar-refractivity contribution is 5.69. The summed E-state index contributed by atoms with van der Waals surface area (Å²) in [6.07, 6.45) is 0. The molecule has 0 amide bonds. The summed E-state index contributed by atoms with van der Waals surface area (Å²) in [6.45, 7) is 8.87. The second-order valence-electron chi connectivity index (χ2n) is 5.43. The van der Waals surface area contributed by atoms with Gasteiger partial charge < -0.3 is 15.5 Å². The van der Waals surface area contributed by atoms with Crippen molar-refractivity contribution in [2.45, 2.75) is 40.2 Å². The van der Waals surface area contributed by atoms with Gasteiger partial charge in [-0.3, -0.25) is 0 Å². The van der Waals surface area contributed by atoms with Crippen LogP contribution in [0, 0.1) is 13.8 Å². The first kappa shape index (κ1) is 14.6. The molecule has 2 aromatic rings. The number of imidazole rings is 1. The van der Waals surface area contributed by atoms with Crippen LogP contribution >= 0.6 is 0 Å². The van der Waals surface area contributed by atoms with Crippen molar-refractivity contribution < 1.29 is 4.74 Å². The summed E-state index contributed by atoms with van der Waals surface area (Å²) in [5.74, 6) is 2.16. The third-order valence-electron chi connectivity index (χ3n) is 3.58. The smallest absolute Gasteiger partial charge is 0.122 e. The summed E-state index contributed by atoms with van der Waals surface area (Å²) in [4.78, 5) is 7.82. The van der Waals surface area contributed by atoms with Gasteiger partial charge in [0.05, 0.1) is 19.3 Å². The minimum atomic E-state index is 0.400. The lowest BCUT2D eigenvalue weighted by Gasteiger charge is -2.15. The quantitative estimate of drug-likeness (QED) is 0.898. The van der Waals surface area contributed by atoms with Gasteiger partial charge in [0.15, 0.2) is 0 Å². The molecule has 0 saturated carbocycles. The van der Waals surface area contributed by atoms with Gasteiger partial charge in [-0.2, -0.15) is 0 Å². The molecule has 0 radical (unpaired) electrons. The predicted octanol–water partition coefficient (Wildman–Crippen LogP) is 3.28. The maximum Gasteiger partial charge on any atom is 0.122 e. The number of rotatable bonds is 4. The Kier molecular flexibility index (Phi) is 4.14. The van der Waals surface area contributed by atoms with Crippen molar-refractivity contribution in [1.29, 1.82) is 0 Å². The Morgan fingerprint density at radius 1 is 1.30 bits per heavy atom. The minimum absolute atomic E-state index is 0.400. The van der Waals surface area contributed by atoms with E-state index in [0.717, 1.165) is 34.1 Å². The summed E-state index contributed by atoms with van der Waals surface area (Å²) < 4.78 is 5.49. The summed E-state index contributed by atoms with van der Waals surface area (Å²) in [7, 11) is 1.71. The number of ether oxygens (including phenoxy) is 1. The Labute approximate surface area is 120 Å². The summed E-state index contributed by atoms with van der Waals surface area (Å²) >= 11 is 0. The molecular formula is C16H23N3O. The maximum absolute atomic E-state index is 5.66. The van der Waals surface area contributed by atoms with E-state index in [1.165, 1.54) is 5.56 Å². The first-order valence-electron chi connectivity index (χ1n) is 6.92. The highest BCUT2D eigenvalue weighted by Crippen LogP contribution is 2.34. The van der Waals surface area contributed by atoms with E-state index in [1.807, 2.05) is 6.92 Å². The third kappa shape index (κ3) is 2.56. The van der Waals surface area contributed by atoms with Gasteiger partial charge >= 0.3 is 0 Å². The first-order valence-corrected chi connectivity index (χ1v) is 6.92. The second-order valence-corrected chi connectivity index (χ2v) is 5.43. The fraction of sp³-hybridized carbons (Fsp3) is 0.438. The summed E-state index contributed by atoms with van der Waals surface area (Å²) in [6, 6.07) is 4.27. The lowest BCUT2D eigenvalue weighted by Crippen LogP contribution is -1.99. The van der Waals surface area contributed by atoms with Crippen molar-refractivity contribution in [3.63, 3.8) is 0 Å². The van der Waals surface area contributed by atoms with E-state index >= 15 is 0 Å². The van der Waals surface area contributed by atoms with Crippen LogP contribution in [0.4, 0.5) is 0 Å². The molecule has 108 valence electrons. The number of benzene rings is 1. The molecule has 20 heavy (non-hydrogen) atoms. The van der Waals surface area contributed by atoms with Crippen molar-refractivity contribution in [3.05, 3.63) is 34.8 Å². The molecule has 0 saturated heterocycles. The number of aryl methyl sites for hydroxylation is 2. The average Bonchev–Trinajstić information content (AvgIpc) is 2.79. The lowest BCUT2D eigenvalue weighted by molar-refractivity contribution is 0.407. The number of nitrogens with one attached hydrogen (secondary N) is 1. The number of aromatic amines is 1. The van der Waals surface area contributed by atoms with Crippen LogP contribution < -0.4 is 10.5 Å². The third-order valence-corrected chi connectivity index (χ3v) is 3.58. The van der Waals surface area contributed by atoms with E-state index in [4.69, 9.17) is 10.5 Å².